The van der Waals surface area contributed by atoms with Gasteiger partial charge in [0.15, 0.2) is 0 Å². The number of benzene rings is 2. The largest absolute Gasteiger partial charge is 0.429 e. The van der Waals surface area contributed by atoms with E-state index in [9.17, 15) is 19.2 Å². The van der Waals surface area contributed by atoms with Crippen LogP contribution in [0.4, 0.5) is 11.4 Å². The summed E-state index contributed by atoms with van der Waals surface area (Å²) in [6, 6.07) is 12.5. The van der Waals surface area contributed by atoms with Crippen LogP contribution in [0.2, 0.25) is 0 Å². The number of anilines is 2. The molecule has 0 aliphatic rings. The topological polar surface area (TPSA) is 243 Å². The summed E-state index contributed by atoms with van der Waals surface area (Å²) in [7, 11) is 5.00. The second-order valence-electron chi connectivity index (χ2n) is 10.7. The first-order valence-electron chi connectivity index (χ1n) is 15.8. The lowest BCUT2D eigenvalue weighted by atomic mass is 10.0. The molecule has 16 heteroatoms. The standard InChI is InChI=1S/C25H41N7O4.C7H7NO2.CH3NO/c1-18(2)23(31-22(33)10-6-7-16-28-32-27-4)25(35)30-21(9-8-15-26-3)24(34)29-20-13-11-19(12-14-20)17-36-5;8-6-1-3-7(4-2-6)10-5-9;2-1-3/h11-14,18,21,23,26H,6-10,15-17H2,1-5H3,(H2-,29,30,31,33,34,35);1-5H,8H2;1H,(H2,2,3)/p+1. The maximum absolute atomic E-state index is 13.1. The van der Waals surface area contributed by atoms with Crippen molar-refractivity contribution in [3.63, 3.8) is 0 Å². The second kappa shape index (κ2) is 27.9. The van der Waals surface area contributed by atoms with Crippen molar-refractivity contribution >= 4 is 42.0 Å². The van der Waals surface area contributed by atoms with Crippen molar-refractivity contribution in [2.24, 2.45) is 21.9 Å². The number of primary amides is 1. The van der Waals surface area contributed by atoms with E-state index in [4.69, 9.17) is 15.3 Å². The van der Waals surface area contributed by atoms with Crippen molar-refractivity contribution in [2.45, 2.75) is 64.6 Å². The minimum atomic E-state index is -0.746. The average Bonchev–Trinajstić information content (AvgIpc) is 3.07. The molecular weight excluding hydrogens is 634 g/mol. The molecule has 270 valence electrons. The molecule has 0 saturated carbocycles. The molecule has 0 aliphatic carbocycles. The smallest absolute Gasteiger partial charge is 0.298 e. The highest BCUT2D eigenvalue weighted by Gasteiger charge is 2.28. The van der Waals surface area contributed by atoms with Crippen LogP contribution < -0.4 is 42.4 Å². The molecule has 2 aromatic rings. The summed E-state index contributed by atoms with van der Waals surface area (Å²) < 4.78 is 9.64. The minimum absolute atomic E-state index is 0.150. The summed E-state index contributed by atoms with van der Waals surface area (Å²) in [4.78, 5) is 60.5. The van der Waals surface area contributed by atoms with Crippen molar-refractivity contribution in [1.29, 1.82) is 0 Å². The molecule has 0 heterocycles. The third-order valence-electron chi connectivity index (χ3n) is 6.48. The van der Waals surface area contributed by atoms with E-state index in [-0.39, 0.29) is 36.5 Å². The van der Waals surface area contributed by atoms with E-state index in [0.717, 1.165) is 5.56 Å². The molecule has 16 nitrogen and oxygen atoms in total. The molecule has 0 saturated heterocycles. The number of amides is 4. The SMILES string of the molecule is CN=[N+]=NCCCCC(=O)NC(C(=O)NC(CCCNC)C(=O)Nc1ccc(COC)cc1)C(C)C.NC=O.Nc1ccc(OC=O)cc1. The van der Waals surface area contributed by atoms with Gasteiger partial charge in [-0.3, -0.25) is 24.0 Å². The van der Waals surface area contributed by atoms with Crippen LogP contribution in [0.5, 0.6) is 5.75 Å². The molecule has 2 atom stereocenters. The fraction of sp³-hybridized carbons (Fsp3) is 0.485. The predicted molar refractivity (Wildman–Crippen MR) is 187 cm³/mol. The summed E-state index contributed by atoms with van der Waals surface area (Å²) in [5, 5.41) is 19.0. The first-order chi connectivity index (χ1) is 23.6. The number of carbonyl (C=O) groups excluding carboxylic acids is 5. The van der Waals surface area contributed by atoms with Gasteiger partial charge in [0.1, 0.15) is 41.7 Å². The van der Waals surface area contributed by atoms with Gasteiger partial charge in [0, 0.05) is 24.9 Å². The minimum Gasteiger partial charge on any atom is -0.429 e. The molecule has 0 radical (unpaired) electrons. The number of nitrogens with zero attached hydrogens (tertiary/aromatic N) is 3. The number of rotatable bonds is 19. The van der Waals surface area contributed by atoms with E-state index in [1.807, 2.05) is 33.0 Å². The number of methoxy groups -OCH3 is 1. The predicted octanol–water partition coefficient (Wildman–Crippen LogP) is 2.07. The highest BCUT2D eigenvalue weighted by molar-refractivity contribution is 5.98. The molecule has 2 unspecified atom stereocenters. The maximum Gasteiger partial charge on any atom is 0.298 e. The van der Waals surface area contributed by atoms with Gasteiger partial charge in [-0.1, -0.05) is 26.0 Å². The zero-order valence-corrected chi connectivity index (χ0v) is 29.0. The molecule has 4 amide bonds. The molecule has 0 aliphatic heterocycles. The van der Waals surface area contributed by atoms with E-state index in [2.05, 4.69) is 46.9 Å². The van der Waals surface area contributed by atoms with Crippen molar-refractivity contribution in [1.82, 2.24) is 20.9 Å². The summed E-state index contributed by atoms with van der Waals surface area (Å²) in [5.41, 5.74) is 11.8. The lowest BCUT2D eigenvalue weighted by molar-refractivity contribution is -0.132. The van der Waals surface area contributed by atoms with Crippen molar-refractivity contribution in [3.05, 3.63) is 54.1 Å². The lowest BCUT2D eigenvalue weighted by Crippen LogP contribution is -2.54. The normalized spacial score (nSPS) is 11.1. The van der Waals surface area contributed by atoms with Crippen LogP contribution in [-0.4, -0.2) is 77.0 Å². The van der Waals surface area contributed by atoms with Crippen molar-refractivity contribution in [3.8, 4) is 5.75 Å². The zero-order chi connectivity index (χ0) is 36.9. The first kappa shape index (κ1) is 43.8. The Morgan fingerprint density at radius 1 is 0.959 bits per heavy atom. The van der Waals surface area contributed by atoms with Gasteiger partial charge in [-0.15, -0.1) is 0 Å². The molecule has 2 aromatic carbocycles. The van der Waals surface area contributed by atoms with Gasteiger partial charge in [-0.25, -0.2) is 0 Å². The molecule has 0 bridgehead atoms. The Morgan fingerprint density at radius 2 is 1.61 bits per heavy atom. The lowest BCUT2D eigenvalue weighted by Gasteiger charge is -2.25. The van der Waals surface area contributed by atoms with Crippen LogP contribution in [0.15, 0.2) is 58.8 Å². The van der Waals surface area contributed by atoms with Crippen molar-refractivity contribution in [2.75, 3.05) is 45.3 Å². The van der Waals surface area contributed by atoms with Crippen molar-refractivity contribution < 1.29 is 33.4 Å². The van der Waals surface area contributed by atoms with Gasteiger partial charge < -0.3 is 42.2 Å². The number of carbonyl (C=O) groups is 5. The summed E-state index contributed by atoms with van der Waals surface area (Å²) in [5.74, 6) is -0.543. The van der Waals surface area contributed by atoms with Crippen LogP contribution in [0, 0.1) is 5.92 Å². The quantitative estimate of drug-likeness (QED) is 0.0416. The van der Waals surface area contributed by atoms with Gasteiger partial charge in [-0.05, 0) is 87.2 Å². The number of ether oxygens (including phenoxy) is 2. The van der Waals surface area contributed by atoms with Gasteiger partial charge >= 0.3 is 0 Å². The first-order valence-corrected chi connectivity index (χ1v) is 15.8. The molecule has 0 spiro atoms. The molecule has 2 rings (SSSR count). The highest BCUT2D eigenvalue weighted by Crippen LogP contribution is 2.13. The average molecular weight is 687 g/mol. The van der Waals surface area contributed by atoms with E-state index in [1.54, 1.807) is 50.6 Å². The van der Waals surface area contributed by atoms with Gasteiger partial charge in [0.25, 0.3) is 6.47 Å². The Hall–Kier alpha value is -5.18. The van der Waals surface area contributed by atoms with Crippen LogP contribution in [0.25, 0.3) is 0 Å². The number of hydrogen-bond donors (Lipinski definition) is 6. The van der Waals surface area contributed by atoms with E-state index in [1.165, 1.54) is 0 Å². The van der Waals surface area contributed by atoms with Crippen LogP contribution in [0.1, 0.15) is 51.5 Å². The summed E-state index contributed by atoms with van der Waals surface area (Å²) >= 11 is 0. The van der Waals surface area contributed by atoms with Crippen LogP contribution in [0.3, 0.4) is 0 Å². The number of nitrogens with one attached hydrogen (secondary N) is 4. The fourth-order valence-electron chi connectivity index (χ4n) is 4.05. The maximum atomic E-state index is 13.1. The molecular formula is C33H52N9O7+. The Labute approximate surface area is 287 Å². The number of hydrogen-bond acceptors (Lipinski definition) is 11. The van der Waals surface area contributed by atoms with Crippen LogP contribution in [-0.2, 0) is 35.3 Å². The molecule has 0 fully saturated rings. The Bertz CT molecular complexity index is 1300. The van der Waals surface area contributed by atoms with Gasteiger partial charge in [0.05, 0.1) is 6.61 Å². The molecule has 8 N–H and O–H groups in total. The monoisotopic (exact) mass is 686 g/mol. The molecule has 0 aromatic heterocycles. The second-order valence-corrected chi connectivity index (χ2v) is 10.7. The van der Waals surface area contributed by atoms with E-state index >= 15 is 0 Å². The molecule has 49 heavy (non-hydrogen) atoms. The Balaban J connectivity index is 0.00000147. The van der Waals surface area contributed by atoms with Crippen LogP contribution >= 0.6 is 0 Å². The third kappa shape index (κ3) is 21.3. The van der Waals surface area contributed by atoms with E-state index < -0.39 is 12.1 Å². The Kier molecular flexibility index (Phi) is 24.9. The fourth-order valence-corrected chi connectivity index (χ4v) is 4.05. The number of nitrogens with two attached hydrogens (primary N) is 2. The third-order valence-corrected chi connectivity index (χ3v) is 6.48. The number of unbranched alkanes of at least 4 members (excludes halogenated alkanes) is 1. The summed E-state index contributed by atoms with van der Waals surface area (Å²) in [6.07, 6.45) is 3.01. The summed E-state index contributed by atoms with van der Waals surface area (Å²) in [6.45, 7) is 5.79. The number of nitrogen functional groups attached to an aromatic ring is 1. The zero-order valence-electron chi connectivity index (χ0n) is 29.0. The Morgan fingerprint density at radius 3 is 2.16 bits per heavy atom. The van der Waals surface area contributed by atoms with Gasteiger partial charge in [-0.2, -0.15) is 0 Å². The van der Waals surface area contributed by atoms with Gasteiger partial charge in [0.2, 0.25) is 29.0 Å². The van der Waals surface area contributed by atoms with E-state index in [0.29, 0.717) is 69.0 Å². The highest BCUT2D eigenvalue weighted by atomic mass is 16.5.